The third-order valence-electron chi connectivity index (χ3n) is 11.3. The van der Waals surface area contributed by atoms with Crippen molar-refractivity contribution in [1.29, 1.82) is 0 Å². The van der Waals surface area contributed by atoms with Gasteiger partial charge in [-0.05, 0) is 100 Å². The van der Waals surface area contributed by atoms with E-state index in [0.717, 1.165) is 69.4 Å². The number of anilines is 1. The Hall–Kier alpha value is -3.04. The summed E-state index contributed by atoms with van der Waals surface area (Å²) in [4.78, 5) is 18.7. The number of hydrogen-bond acceptors (Lipinski definition) is 8. The summed E-state index contributed by atoms with van der Waals surface area (Å²) in [6.45, 7) is 2.76. The number of phenolic OH excluding ortho intramolecular Hbond substituents is 1. The molecule has 8 nitrogen and oxygen atoms in total. The maximum Gasteiger partial charge on any atom is 0.319 e. The Kier molecular flexibility index (Phi) is 6.16. The zero-order valence-corrected chi connectivity index (χ0v) is 24.4. The number of likely N-dealkylation sites (tertiary alicyclic amines) is 1. The number of aromatic nitrogens is 3. The number of ether oxygens (including phenoxy) is 1. The van der Waals surface area contributed by atoms with E-state index in [1.54, 1.807) is 18.3 Å². The molecular weight excluding hydrogens is 533 g/mol. The normalized spacial score (nSPS) is 32.4. The van der Waals surface area contributed by atoms with Crippen molar-refractivity contribution in [2.24, 2.45) is 11.3 Å². The summed E-state index contributed by atoms with van der Waals surface area (Å²) < 4.78 is 23.1. The second-order valence-corrected chi connectivity index (χ2v) is 13.9. The minimum absolute atomic E-state index is 0.0634. The summed E-state index contributed by atoms with van der Waals surface area (Å²) in [6, 6.07) is 5.95. The van der Waals surface area contributed by atoms with Crippen molar-refractivity contribution in [3.63, 3.8) is 0 Å². The Morgan fingerprint density at radius 2 is 1.90 bits per heavy atom. The number of piperidine rings is 2. The van der Waals surface area contributed by atoms with Gasteiger partial charge in [0.1, 0.15) is 22.8 Å². The average Bonchev–Trinajstić information content (AvgIpc) is 3.37. The van der Waals surface area contributed by atoms with E-state index in [9.17, 15) is 10.2 Å². The first-order valence-electron chi connectivity index (χ1n) is 15.8. The van der Waals surface area contributed by atoms with Crippen molar-refractivity contribution in [2.45, 2.75) is 81.8 Å². The van der Waals surface area contributed by atoms with E-state index >= 15 is 4.39 Å². The largest absolute Gasteiger partial charge is 0.508 e. The first kappa shape index (κ1) is 26.6. The Morgan fingerprint density at radius 1 is 1.07 bits per heavy atom. The number of fused-ring (bicyclic) bond motifs is 2. The lowest BCUT2D eigenvalue weighted by Gasteiger charge is -2.62. The third-order valence-corrected chi connectivity index (χ3v) is 11.3. The summed E-state index contributed by atoms with van der Waals surface area (Å²) in [5, 5.41) is 21.4. The van der Waals surface area contributed by atoms with Crippen LogP contribution >= 0.6 is 0 Å². The number of aliphatic hydroxyl groups excluding tert-OH is 1. The Morgan fingerprint density at radius 3 is 2.69 bits per heavy atom. The fourth-order valence-electron chi connectivity index (χ4n) is 9.05. The van der Waals surface area contributed by atoms with Gasteiger partial charge < -0.3 is 24.7 Å². The summed E-state index contributed by atoms with van der Waals surface area (Å²) in [7, 11) is 2.21. The van der Waals surface area contributed by atoms with Crippen LogP contribution in [0.3, 0.4) is 0 Å². The predicted octanol–water partition coefficient (Wildman–Crippen LogP) is 5.19. The third kappa shape index (κ3) is 4.10. The highest BCUT2D eigenvalue weighted by Crippen LogP contribution is 2.66. The maximum atomic E-state index is 16.7. The lowest BCUT2D eigenvalue weighted by Crippen LogP contribution is -2.55. The van der Waals surface area contributed by atoms with Crippen molar-refractivity contribution in [3.05, 3.63) is 35.8 Å². The quantitative estimate of drug-likeness (QED) is 0.416. The summed E-state index contributed by atoms with van der Waals surface area (Å²) in [5.41, 5.74) is 2.21. The van der Waals surface area contributed by atoms with E-state index in [1.165, 1.54) is 12.8 Å². The van der Waals surface area contributed by atoms with Crippen LogP contribution in [-0.4, -0.2) is 75.5 Å². The van der Waals surface area contributed by atoms with Crippen molar-refractivity contribution in [3.8, 4) is 23.0 Å². The highest BCUT2D eigenvalue weighted by molar-refractivity contribution is 5.92. The molecule has 9 rings (SSSR count). The number of benzene rings is 1. The molecule has 0 amide bonds. The van der Waals surface area contributed by atoms with Crippen molar-refractivity contribution in [1.82, 2.24) is 19.9 Å². The molecule has 2 aromatic heterocycles. The zero-order chi connectivity index (χ0) is 28.6. The standard InChI is InChI=1S/C33H40FN5O3/c1-38-11-4-10-32(9-2-6-26(32)38)19-42-31-36-29-24(30(37-31)39-12-3-5-22(41)18-39)17-35-28(27(29)34)23-13-21(40)7-8-25(23)33-14-20(15-33)16-33/h7-8,13,17,20,22,26,40-41H,2-6,9-12,14-16,18-19H2,1H3/t20?,22-,26?,32-,33?/m1/s1. The molecule has 2 N–H and O–H groups in total. The molecule has 2 saturated heterocycles. The average molecular weight is 574 g/mol. The van der Waals surface area contributed by atoms with Gasteiger partial charge in [0.15, 0.2) is 5.82 Å². The van der Waals surface area contributed by atoms with Gasteiger partial charge in [-0.25, -0.2) is 4.39 Å². The van der Waals surface area contributed by atoms with E-state index in [4.69, 9.17) is 14.7 Å². The molecule has 9 heteroatoms. The molecule has 42 heavy (non-hydrogen) atoms. The second-order valence-electron chi connectivity index (χ2n) is 13.9. The van der Waals surface area contributed by atoms with Gasteiger partial charge in [0.25, 0.3) is 0 Å². The van der Waals surface area contributed by atoms with Crippen LogP contribution < -0.4 is 9.64 Å². The molecule has 1 aromatic carbocycles. The van der Waals surface area contributed by atoms with Crippen LogP contribution in [0.25, 0.3) is 22.2 Å². The molecule has 222 valence electrons. The molecule has 6 fully saturated rings. The Balaban J connectivity index is 1.22. The molecule has 1 unspecified atom stereocenters. The Bertz CT molecular complexity index is 1530. The van der Waals surface area contributed by atoms with Gasteiger partial charge in [0, 0.05) is 36.3 Å². The lowest BCUT2D eigenvalue weighted by atomic mass is 9.42. The minimum atomic E-state index is -0.522. The molecule has 0 spiro atoms. The van der Waals surface area contributed by atoms with Crippen LogP contribution in [0, 0.1) is 17.2 Å². The summed E-state index contributed by atoms with van der Waals surface area (Å²) >= 11 is 0. The van der Waals surface area contributed by atoms with Gasteiger partial charge in [0.2, 0.25) is 0 Å². The maximum absolute atomic E-state index is 16.7. The van der Waals surface area contributed by atoms with Gasteiger partial charge in [-0.2, -0.15) is 9.97 Å². The molecule has 4 aliphatic carbocycles. The van der Waals surface area contributed by atoms with Crippen LogP contribution in [0.5, 0.6) is 11.8 Å². The first-order valence-corrected chi connectivity index (χ1v) is 15.8. The lowest BCUT2D eigenvalue weighted by molar-refractivity contribution is -0.0269. The summed E-state index contributed by atoms with van der Waals surface area (Å²) in [6.07, 6.45) is 11.8. The Labute approximate surface area is 245 Å². The van der Waals surface area contributed by atoms with Crippen molar-refractivity contribution in [2.75, 3.05) is 38.2 Å². The molecule has 4 saturated carbocycles. The molecule has 0 radical (unpaired) electrons. The topological polar surface area (TPSA) is 94.8 Å². The van der Waals surface area contributed by atoms with Crippen LogP contribution in [0.4, 0.5) is 10.2 Å². The van der Waals surface area contributed by atoms with Crippen LogP contribution in [0.2, 0.25) is 0 Å². The van der Waals surface area contributed by atoms with Gasteiger partial charge in [0.05, 0.1) is 18.1 Å². The van der Waals surface area contributed by atoms with Crippen LogP contribution in [-0.2, 0) is 5.41 Å². The molecule has 3 aromatic rings. The highest BCUT2D eigenvalue weighted by Gasteiger charge is 2.58. The number of halogens is 1. The molecule has 6 aliphatic rings. The number of phenols is 1. The van der Waals surface area contributed by atoms with E-state index in [1.807, 2.05) is 11.0 Å². The van der Waals surface area contributed by atoms with Gasteiger partial charge >= 0.3 is 6.01 Å². The van der Waals surface area contributed by atoms with Gasteiger partial charge in [-0.15, -0.1) is 0 Å². The number of pyridine rings is 1. The van der Waals surface area contributed by atoms with Crippen molar-refractivity contribution >= 4 is 16.7 Å². The zero-order valence-electron chi connectivity index (χ0n) is 24.4. The predicted molar refractivity (Wildman–Crippen MR) is 158 cm³/mol. The fourth-order valence-corrected chi connectivity index (χ4v) is 9.05. The molecular formula is C33H40FN5O3. The van der Waals surface area contributed by atoms with E-state index in [2.05, 4.69) is 16.9 Å². The van der Waals surface area contributed by atoms with Crippen molar-refractivity contribution < 1.29 is 19.3 Å². The number of hydrogen-bond donors (Lipinski definition) is 2. The minimum Gasteiger partial charge on any atom is -0.508 e. The highest BCUT2D eigenvalue weighted by atomic mass is 19.1. The molecule has 3 atom stereocenters. The van der Waals surface area contributed by atoms with Gasteiger partial charge in [-0.3, -0.25) is 4.98 Å². The number of nitrogens with zero attached hydrogens (tertiary/aromatic N) is 5. The molecule has 2 aliphatic heterocycles. The molecule has 4 heterocycles. The van der Waals surface area contributed by atoms with E-state index < -0.39 is 11.9 Å². The number of β-amino-alcohol motifs (C(OH)–C–C–N with tert-alkyl or cyclic N) is 1. The van der Waals surface area contributed by atoms with Crippen LogP contribution in [0.1, 0.15) is 69.8 Å². The fraction of sp³-hybridized carbons (Fsp3) is 0.606. The first-order chi connectivity index (χ1) is 20.3. The number of rotatable bonds is 6. The smallest absolute Gasteiger partial charge is 0.319 e. The summed E-state index contributed by atoms with van der Waals surface area (Å²) in [5.74, 6) is 0.896. The second kappa shape index (κ2) is 9.74. The number of aromatic hydroxyl groups is 1. The SMILES string of the molecule is CN1CCC[C@@]2(COc3nc(N4CCC[C@@H](O)C4)c4cnc(-c5cc(O)ccc5C56CC(C5)C6)c(F)c4n3)CCCC12. The number of aliphatic hydroxyl groups is 1. The monoisotopic (exact) mass is 573 g/mol. The van der Waals surface area contributed by atoms with E-state index in [0.29, 0.717) is 42.5 Å². The van der Waals surface area contributed by atoms with Crippen LogP contribution in [0.15, 0.2) is 24.4 Å². The van der Waals surface area contributed by atoms with Gasteiger partial charge in [-0.1, -0.05) is 12.5 Å². The van der Waals surface area contributed by atoms with E-state index in [-0.39, 0.29) is 33.8 Å². The molecule has 2 bridgehead atoms.